The molecule has 130 valence electrons. The van der Waals surface area contributed by atoms with Crippen molar-refractivity contribution in [3.8, 4) is 5.75 Å². The Kier molecular flexibility index (Phi) is 3.85. The van der Waals surface area contributed by atoms with E-state index in [9.17, 15) is 9.90 Å². The highest BCUT2D eigenvalue weighted by Crippen LogP contribution is 2.61. The van der Waals surface area contributed by atoms with Crippen molar-refractivity contribution in [2.24, 2.45) is 17.3 Å². The normalized spacial score (nSPS) is 37.2. The van der Waals surface area contributed by atoms with E-state index in [2.05, 4.69) is 13.0 Å². The fourth-order valence-corrected chi connectivity index (χ4v) is 5.96. The number of ether oxygens (including phenoxy) is 1. The molecule has 0 aromatic heterocycles. The third kappa shape index (κ3) is 2.35. The zero-order valence-electron chi connectivity index (χ0n) is 14.8. The number of hydrogen-bond acceptors (Lipinski definition) is 3. The second-order valence-electron chi connectivity index (χ2n) is 8.25. The van der Waals surface area contributed by atoms with Crippen molar-refractivity contribution in [2.75, 3.05) is 0 Å². The summed E-state index contributed by atoms with van der Waals surface area (Å²) in [6, 6.07) is 5.95. The van der Waals surface area contributed by atoms with Crippen LogP contribution in [0, 0.1) is 17.3 Å². The van der Waals surface area contributed by atoms with Gasteiger partial charge in [-0.3, -0.25) is 4.79 Å². The van der Waals surface area contributed by atoms with Gasteiger partial charge in [-0.05, 0) is 79.5 Å². The van der Waals surface area contributed by atoms with Gasteiger partial charge in [0.1, 0.15) is 11.9 Å². The minimum absolute atomic E-state index is 0.0477. The SMILES string of the molecule is CCC(=O)OC1CC[C@H]2[C@@H]3CCc4cc(O)ccc4[C@H]3CC[C@]12C. The van der Waals surface area contributed by atoms with E-state index in [4.69, 9.17) is 4.74 Å². The van der Waals surface area contributed by atoms with Crippen LogP contribution in [0.5, 0.6) is 5.75 Å². The standard InChI is InChI=1S/C21H28O3/c1-3-20(23)24-19-9-8-18-17-6-4-13-12-14(22)5-7-15(13)16(17)10-11-21(18,19)2/h5,7,12,16-19,22H,3-4,6,8-11H2,1-2H3/t16-,17-,18+,19?,21+/m1/s1. The molecule has 1 aromatic rings. The maximum atomic E-state index is 11.8. The van der Waals surface area contributed by atoms with Gasteiger partial charge in [-0.1, -0.05) is 19.9 Å². The molecule has 0 radical (unpaired) electrons. The van der Waals surface area contributed by atoms with Crippen LogP contribution in [0.3, 0.4) is 0 Å². The topological polar surface area (TPSA) is 46.5 Å². The van der Waals surface area contributed by atoms with Crippen LogP contribution >= 0.6 is 0 Å². The molecule has 3 heteroatoms. The maximum Gasteiger partial charge on any atom is 0.305 e. The van der Waals surface area contributed by atoms with Crippen LogP contribution in [0.4, 0.5) is 0 Å². The predicted octanol–water partition coefficient (Wildman–Crippen LogP) is 4.57. The smallest absolute Gasteiger partial charge is 0.305 e. The lowest BCUT2D eigenvalue weighted by molar-refractivity contribution is -0.157. The van der Waals surface area contributed by atoms with E-state index in [-0.39, 0.29) is 17.5 Å². The van der Waals surface area contributed by atoms with Gasteiger partial charge in [-0.2, -0.15) is 0 Å². The van der Waals surface area contributed by atoms with Crippen molar-refractivity contribution >= 4 is 5.97 Å². The fraction of sp³-hybridized carbons (Fsp3) is 0.667. The van der Waals surface area contributed by atoms with Crippen LogP contribution in [0.15, 0.2) is 18.2 Å². The van der Waals surface area contributed by atoms with Gasteiger partial charge in [0.15, 0.2) is 0 Å². The molecule has 0 spiro atoms. The highest BCUT2D eigenvalue weighted by atomic mass is 16.5. The van der Waals surface area contributed by atoms with Gasteiger partial charge in [0, 0.05) is 11.8 Å². The number of carbonyl (C=O) groups is 1. The molecule has 3 aliphatic carbocycles. The number of rotatable bonds is 2. The summed E-state index contributed by atoms with van der Waals surface area (Å²) in [6.45, 7) is 4.24. The Labute approximate surface area is 144 Å². The average molecular weight is 328 g/mol. The largest absolute Gasteiger partial charge is 0.508 e. The maximum absolute atomic E-state index is 11.8. The molecular formula is C21H28O3. The van der Waals surface area contributed by atoms with Crippen LogP contribution in [-0.2, 0) is 16.0 Å². The van der Waals surface area contributed by atoms with Crippen LogP contribution in [0.2, 0.25) is 0 Å². The predicted molar refractivity (Wildman–Crippen MR) is 92.9 cm³/mol. The first-order chi connectivity index (χ1) is 11.5. The molecule has 1 aromatic carbocycles. The summed E-state index contributed by atoms with van der Waals surface area (Å²) in [6.07, 6.45) is 7.38. The van der Waals surface area contributed by atoms with Crippen molar-refractivity contribution in [2.45, 2.75) is 70.8 Å². The molecule has 0 amide bonds. The second-order valence-corrected chi connectivity index (χ2v) is 8.25. The molecule has 2 fully saturated rings. The first-order valence-electron chi connectivity index (χ1n) is 9.54. The van der Waals surface area contributed by atoms with Crippen LogP contribution < -0.4 is 0 Å². The lowest BCUT2D eigenvalue weighted by Gasteiger charge is -2.50. The second kappa shape index (κ2) is 5.79. The van der Waals surface area contributed by atoms with Crippen LogP contribution in [-0.4, -0.2) is 17.2 Å². The number of aromatic hydroxyl groups is 1. The number of phenolic OH excluding ortho intramolecular Hbond substituents is 1. The summed E-state index contributed by atoms with van der Waals surface area (Å²) >= 11 is 0. The molecule has 1 N–H and O–H groups in total. The molecular weight excluding hydrogens is 300 g/mol. The van der Waals surface area contributed by atoms with E-state index in [1.165, 1.54) is 30.4 Å². The third-order valence-electron chi connectivity index (χ3n) is 7.19. The number of carbonyl (C=O) groups excluding carboxylic acids is 1. The van der Waals surface area contributed by atoms with Gasteiger partial charge in [0.25, 0.3) is 0 Å². The van der Waals surface area contributed by atoms with E-state index in [1.807, 2.05) is 19.1 Å². The van der Waals surface area contributed by atoms with Crippen molar-refractivity contribution in [1.29, 1.82) is 0 Å². The Morgan fingerprint density at radius 1 is 1.29 bits per heavy atom. The van der Waals surface area contributed by atoms with E-state index in [1.54, 1.807) is 0 Å². The van der Waals surface area contributed by atoms with Crippen molar-refractivity contribution < 1.29 is 14.6 Å². The van der Waals surface area contributed by atoms with E-state index in [0.717, 1.165) is 19.3 Å². The van der Waals surface area contributed by atoms with Gasteiger partial charge in [-0.25, -0.2) is 0 Å². The minimum atomic E-state index is -0.0477. The van der Waals surface area contributed by atoms with Gasteiger partial charge in [0.2, 0.25) is 0 Å². The Morgan fingerprint density at radius 3 is 2.92 bits per heavy atom. The first-order valence-corrected chi connectivity index (χ1v) is 9.54. The lowest BCUT2D eigenvalue weighted by Crippen LogP contribution is -2.45. The summed E-state index contributed by atoms with van der Waals surface area (Å²) in [7, 11) is 0. The van der Waals surface area contributed by atoms with E-state index in [0.29, 0.717) is 29.9 Å². The molecule has 0 saturated heterocycles. The van der Waals surface area contributed by atoms with E-state index >= 15 is 0 Å². The molecule has 5 atom stereocenters. The number of aryl methyl sites for hydroxylation is 1. The first kappa shape index (κ1) is 16.0. The average Bonchev–Trinajstić information content (AvgIpc) is 2.90. The molecule has 0 heterocycles. The van der Waals surface area contributed by atoms with Crippen LogP contribution in [0.25, 0.3) is 0 Å². The van der Waals surface area contributed by atoms with E-state index < -0.39 is 0 Å². The molecule has 4 rings (SSSR count). The lowest BCUT2D eigenvalue weighted by atomic mass is 9.55. The number of phenols is 1. The third-order valence-corrected chi connectivity index (χ3v) is 7.19. The van der Waals surface area contributed by atoms with Crippen molar-refractivity contribution in [3.63, 3.8) is 0 Å². The van der Waals surface area contributed by atoms with Crippen LogP contribution in [0.1, 0.15) is 69.4 Å². The molecule has 3 aliphatic rings. The van der Waals surface area contributed by atoms with Gasteiger partial charge in [0.05, 0.1) is 0 Å². The minimum Gasteiger partial charge on any atom is -0.508 e. The zero-order valence-corrected chi connectivity index (χ0v) is 14.8. The van der Waals surface area contributed by atoms with Gasteiger partial charge >= 0.3 is 5.97 Å². The summed E-state index contributed by atoms with van der Waals surface area (Å²) in [5.41, 5.74) is 2.95. The highest BCUT2D eigenvalue weighted by Gasteiger charge is 2.56. The highest BCUT2D eigenvalue weighted by molar-refractivity contribution is 5.69. The monoisotopic (exact) mass is 328 g/mol. The van der Waals surface area contributed by atoms with Crippen molar-refractivity contribution in [1.82, 2.24) is 0 Å². The van der Waals surface area contributed by atoms with Gasteiger partial charge < -0.3 is 9.84 Å². The summed E-state index contributed by atoms with van der Waals surface area (Å²) in [5.74, 6) is 2.32. The van der Waals surface area contributed by atoms with Crippen molar-refractivity contribution in [3.05, 3.63) is 29.3 Å². The fourth-order valence-electron chi connectivity index (χ4n) is 5.96. The molecule has 0 aliphatic heterocycles. The molecule has 0 bridgehead atoms. The summed E-state index contributed by atoms with van der Waals surface area (Å²) < 4.78 is 5.83. The Balaban J connectivity index is 1.60. The Morgan fingerprint density at radius 2 is 2.12 bits per heavy atom. The Hall–Kier alpha value is -1.51. The zero-order chi connectivity index (χ0) is 16.9. The molecule has 2 saturated carbocycles. The number of esters is 1. The summed E-state index contributed by atoms with van der Waals surface area (Å²) in [4.78, 5) is 11.8. The Bertz CT molecular complexity index is 652. The summed E-state index contributed by atoms with van der Waals surface area (Å²) in [5, 5.41) is 9.77. The molecule has 24 heavy (non-hydrogen) atoms. The number of fused-ring (bicyclic) bond motifs is 5. The molecule has 3 nitrogen and oxygen atoms in total. The quantitative estimate of drug-likeness (QED) is 0.809. The number of benzene rings is 1. The molecule has 1 unspecified atom stereocenters. The van der Waals surface area contributed by atoms with Gasteiger partial charge in [-0.15, -0.1) is 0 Å². The number of hydrogen-bond donors (Lipinski definition) is 1.